The summed E-state index contributed by atoms with van der Waals surface area (Å²) in [5.41, 5.74) is 4.72. The Kier molecular flexibility index (Phi) is 7.21. The van der Waals surface area contributed by atoms with Gasteiger partial charge in [-0.1, -0.05) is 53.7 Å². The maximum absolute atomic E-state index is 4.72. The molecule has 2 aromatic heterocycles. The van der Waals surface area contributed by atoms with Crippen LogP contribution in [0.3, 0.4) is 0 Å². The summed E-state index contributed by atoms with van der Waals surface area (Å²) in [6.07, 6.45) is 2.19. The standard InChI is InChI=1S/C16H20N3.2C2H6/c1-11(2)9-19-10-18(4)15-12(3)17-14-8-6-5-7-13(14)16(15)19;2*1-2/h5-8,10-11H,9H2,1-4H3;2*1-2H3/q+1;;. The van der Waals surface area contributed by atoms with Crippen LogP contribution in [0.5, 0.6) is 0 Å². The summed E-state index contributed by atoms with van der Waals surface area (Å²) in [5, 5.41) is 1.24. The molecule has 0 aliphatic rings. The van der Waals surface area contributed by atoms with E-state index in [9.17, 15) is 0 Å². The van der Waals surface area contributed by atoms with E-state index in [0.717, 1.165) is 17.8 Å². The summed E-state index contributed by atoms with van der Waals surface area (Å²) in [5.74, 6) is 0.628. The van der Waals surface area contributed by atoms with Crippen LogP contribution in [-0.4, -0.2) is 9.55 Å². The highest BCUT2D eigenvalue weighted by molar-refractivity contribution is 6.01. The second kappa shape index (κ2) is 8.66. The zero-order valence-electron chi connectivity index (χ0n) is 16.0. The van der Waals surface area contributed by atoms with Crippen LogP contribution in [0.1, 0.15) is 47.2 Å². The van der Waals surface area contributed by atoms with Crippen molar-refractivity contribution in [2.45, 2.75) is 55.0 Å². The van der Waals surface area contributed by atoms with Gasteiger partial charge in [-0.2, -0.15) is 0 Å². The molecule has 0 N–H and O–H groups in total. The molecule has 0 bridgehead atoms. The molecule has 3 heteroatoms. The van der Waals surface area contributed by atoms with E-state index in [0.29, 0.717) is 5.92 Å². The highest BCUT2D eigenvalue weighted by atomic mass is 15.1. The Morgan fingerprint density at radius 3 is 2.30 bits per heavy atom. The predicted molar refractivity (Wildman–Crippen MR) is 101 cm³/mol. The van der Waals surface area contributed by atoms with E-state index in [1.165, 1.54) is 16.4 Å². The number of aryl methyl sites for hydroxylation is 2. The van der Waals surface area contributed by atoms with Crippen molar-refractivity contribution in [1.29, 1.82) is 0 Å². The lowest BCUT2D eigenvalue weighted by molar-refractivity contribution is -0.646. The molecule has 0 spiro atoms. The van der Waals surface area contributed by atoms with Crippen LogP contribution in [0.4, 0.5) is 0 Å². The monoisotopic (exact) mass is 314 g/mol. The van der Waals surface area contributed by atoms with E-state index in [4.69, 9.17) is 4.98 Å². The fourth-order valence-corrected chi connectivity index (χ4v) is 2.87. The summed E-state index contributed by atoms with van der Waals surface area (Å²) in [7, 11) is 2.10. The van der Waals surface area contributed by atoms with Crippen molar-refractivity contribution in [2.75, 3.05) is 0 Å². The molecule has 2 heterocycles. The van der Waals surface area contributed by atoms with Crippen LogP contribution in [0.25, 0.3) is 21.9 Å². The minimum atomic E-state index is 0.628. The van der Waals surface area contributed by atoms with Crippen LogP contribution in [0, 0.1) is 12.8 Å². The minimum Gasteiger partial charge on any atom is -0.248 e. The van der Waals surface area contributed by atoms with Gasteiger partial charge in [-0.3, -0.25) is 0 Å². The van der Waals surface area contributed by atoms with E-state index in [-0.39, 0.29) is 0 Å². The Labute approximate surface area is 141 Å². The zero-order chi connectivity index (χ0) is 17.6. The summed E-state index contributed by atoms with van der Waals surface area (Å²) in [6, 6.07) is 8.40. The van der Waals surface area contributed by atoms with Gasteiger partial charge in [-0.05, 0) is 25.0 Å². The molecule has 0 amide bonds. The molecule has 0 atom stereocenters. The molecule has 0 saturated heterocycles. The number of aromatic nitrogens is 3. The topological polar surface area (TPSA) is 21.7 Å². The first kappa shape index (κ1) is 19.1. The molecule has 23 heavy (non-hydrogen) atoms. The Hall–Kier alpha value is -1.90. The number of hydrogen-bond acceptors (Lipinski definition) is 1. The molecule has 0 unspecified atom stereocenters. The second-order valence-corrected chi connectivity index (χ2v) is 5.68. The average molecular weight is 314 g/mol. The van der Waals surface area contributed by atoms with Gasteiger partial charge in [0.2, 0.25) is 6.33 Å². The molecular formula is C20H32N3+. The quantitative estimate of drug-likeness (QED) is 0.608. The van der Waals surface area contributed by atoms with Crippen LogP contribution >= 0.6 is 0 Å². The van der Waals surface area contributed by atoms with Gasteiger partial charge in [0.25, 0.3) is 0 Å². The van der Waals surface area contributed by atoms with Crippen molar-refractivity contribution in [3.8, 4) is 0 Å². The van der Waals surface area contributed by atoms with Crippen molar-refractivity contribution < 1.29 is 4.57 Å². The molecule has 0 radical (unpaired) electrons. The summed E-state index contributed by atoms with van der Waals surface area (Å²) in [4.78, 5) is 4.72. The van der Waals surface area contributed by atoms with Gasteiger partial charge >= 0.3 is 0 Å². The molecule has 3 nitrogen and oxygen atoms in total. The lowest BCUT2D eigenvalue weighted by Gasteiger charge is -2.04. The first-order valence-electron chi connectivity index (χ1n) is 8.81. The third-order valence-electron chi connectivity index (χ3n) is 3.53. The normalized spacial score (nSPS) is 10.3. The number of pyridine rings is 1. The molecule has 0 fully saturated rings. The van der Waals surface area contributed by atoms with E-state index >= 15 is 0 Å². The molecule has 1 aromatic carbocycles. The fourth-order valence-electron chi connectivity index (χ4n) is 2.87. The Bertz CT molecular complexity index is 754. The summed E-state index contributed by atoms with van der Waals surface area (Å²) < 4.78 is 4.55. The highest BCUT2D eigenvalue weighted by Gasteiger charge is 2.20. The fraction of sp³-hybridized carbons (Fsp3) is 0.500. The third-order valence-corrected chi connectivity index (χ3v) is 3.53. The van der Waals surface area contributed by atoms with E-state index in [1.807, 2.05) is 27.7 Å². The van der Waals surface area contributed by atoms with Gasteiger partial charge in [-0.25, -0.2) is 14.1 Å². The van der Waals surface area contributed by atoms with Gasteiger partial charge in [0.05, 0.1) is 30.2 Å². The van der Waals surface area contributed by atoms with Crippen LogP contribution in [-0.2, 0) is 13.6 Å². The largest absolute Gasteiger partial charge is 0.248 e. The van der Waals surface area contributed by atoms with E-state index in [2.05, 4.69) is 67.5 Å². The molecule has 0 aliphatic heterocycles. The first-order valence-corrected chi connectivity index (χ1v) is 8.81. The third kappa shape index (κ3) is 3.90. The van der Waals surface area contributed by atoms with Crippen molar-refractivity contribution >= 4 is 21.9 Å². The number of rotatable bonds is 2. The lowest BCUT2D eigenvalue weighted by Crippen LogP contribution is -2.26. The predicted octanol–water partition coefficient (Wildman–Crippen LogP) is 5.03. The zero-order valence-corrected chi connectivity index (χ0v) is 16.0. The smallest absolute Gasteiger partial charge is 0.244 e. The number of para-hydroxylation sites is 1. The first-order chi connectivity index (χ1) is 11.1. The summed E-state index contributed by atoms with van der Waals surface area (Å²) in [6.45, 7) is 15.6. The molecule has 126 valence electrons. The molecular weight excluding hydrogens is 282 g/mol. The Balaban J connectivity index is 0.000000615. The van der Waals surface area contributed by atoms with Crippen LogP contribution in [0.15, 0.2) is 30.6 Å². The van der Waals surface area contributed by atoms with Gasteiger partial charge in [0.1, 0.15) is 0 Å². The minimum absolute atomic E-state index is 0.628. The maximum Gasteiger partial charge on any atom is 0.244 e. The van der Waals surface area contributed by atoms with Crippen molar-refractivity contribution in [3.63, 3.8) is 0 Å². The van der Waals surface area contributed by atoms with Gasteiger partial charge in [0.15, 0.2) is 11.0 Å². The lowest BCUT2D eigenvalue weighted by atomic mass is 10.1. The molecule has 0 saturated carbocycles. The van der Waals surface area contributed by atoms with E-state index < -0.39 is 0 Å². The molecule has 3 aromatic rings. The second-order valence-electron chi connectivity index (χ2n) is 5.68. The van der Waals surface area contributed by atoms with Crippen LogP contribution in [0.2, 0.25) is 0 Å². The molecule has 0 aliphatic carbocycles. The summed E-state index contributed by atoms with van der Waals surface area (Å²) >= 11 is 0. The Morgan fingerprint density at radius 1 is 1.09 bits per heavy atom. The number of imidazole rings is 1. The van der Waals surface area contributed by atoms with Gasteiger partial charge in [0, 0.05) is 0 Å². The number of nitrogens with zero attached hydrogens (tertiary/aromatic N) is 3. The van der Waals surface area contributed by atoms with Crippen molar-refractivity contribution in [3.05, 3.63) is 36.3 Å². The van der Waals surface area contributed by atoms with Crippen LogP contribution < -0.4 is 4.57 Å². The van der Waals surface area contributed by atoms with Gasteiger partial charge in [-0.15, -0.1) is 0 Å². The number of benzene rings is 1. The highest BCUT2D eigenvalue weighted by Crippen LogP contribution is 2.24. The van der Waals surface area contributed by atoms with Gasteiger partial charge < -0.3 is 0 Å². The average Bonchev–Trinajstić information content (AvgIpc) is 2.88. The Morgan fingerprint density at radius 2 is 1.70 bits per heavy atom. The maximum atomic E-state index is 4.72. The van der Waals surface area contributed by atoms with Crippen molar-refractivity contribution in [2.24, 2.45) is 13.0 Å². The van der Waals surface area contributed by atoms with E-state index in [1.54, 1.807) is 0 Å². The number of fused-ring (bicyclic) bond motifs is 3. The van der Waals surface area contributed by atoms with Crippen molar-refractivity contribution in [1.82, 2.24) is 9.55 Å². The SMILES string of the molecule is CC.CC.Cc1nc2ccccc2c2c1[n+](C)cn2CC(C)C. The number of hydrogen-bond donors (Lipinski definition) is 0. The molecule has 3 rings (SSSR count).